The zero-order valence-corrected chi connectivity index (χ0v) is 13.4. The van der Waals surface area contributed by atoms with E-state index in [4.69, 9.17) is 5.11 Å². The zero-order valence-electron chi connectivity index (χ0n) is 10.4. The quantitative estimate of drug-likeness (QED) is 0.661. The molecule has 6 nitrogen and oxygen atoms in total. The third-order valence-electron chi connectivity index (χ3n) is 2.61. The SMILES string of the molecule is O=C(O)c1cc(S(=O)(=O)Nc2ccc(I)cc2)ccc1O. The maximum Gasteiger partial charge on any atom is 0.339 e. The molecule has 21 heavy (non-hydrogen) atoms. The number of carboxylic acid groups (broad SMARTS) is 1. The number of aromatic hydroxyl groups is 1. The Balaban J connectivity index is 2.38. The fourth-order valence-electron chi connectivity index (χ4n) is 1.59. The van der Waals surface area contributed by atoms with Crippen LogP contribution in [-0.4, -0.2) is 24.6 Å². The number of rotatable bonds is 4. The van der Waals surface area contributed by atoms with Crippen LogP contribution in [0.2, 0.25) is 0 Å². The van der Waals surface area contributed by atoms with E-state index in [0.717, 1.165) is 21.8 Å². The van der Waals surface area contributed by atoms with E-state index in [1.54, 1.807) is 24.3 Å². The highest BCUT2D eigenvalue weighted by atomic mass is 127. The number of phenols is 1. The van der Waals surface area contributed by atoms with Gasteiger partial charge in [0.2, 0.25) is 0 Å². The number of carbonyl (C=O) groups is 1. The fraction of sp³-hybridized carbons (Fsp3) is 0. The monoisotopic (exact) mass is 419 g/mol. The molecule has 0 aliphatic rings. The summed E-state index contributed by atoms with van der Waals surface area (Å²) in [6, 6.07) is 9.74. The van der Waals surface area contributed by atoms with E-state index >= 15 is 0 Å². The molecular formula is C13H10INO5S. The van der Waals surface area contributed by atoms with Gasteiger partial charge in [-0.2, -0.15) is 0 Å². The summed E-state index contributed by atoms with van der Waals surface area (Å²) < 4.78 is 27.7. The first-order chi connectivity index (χ1) is 9.79. The van der Waals surface area contributed by atoms with Gasteiger partial charge in [-0.25, -0.2) is 13.2 Å². The summed E-state index contributed by atoms with van der Waals surface area (Å²) in [6.45, 7) is 0. The van der Waals surface area contributed by atoms with Gasteiger partial charge in [-0.05, 0) is 65.1 Å². The largest absolute Gasteiger partial charge is 0.507 e. The highest BCUT2D eigenvalue weighted by Crippen LogP contribution is 2.23. The molecule has 0 bridgehead atoms. The van der Waals surface area contributed by atoms with Crippen LogP contribution in [0.4, 0.5) is 5.69 Å². The van der Waals surface area contributed by atoms with E-state index in [-0.39, 0.29) is 4.90 Å². The number of aromatic carboxylic acids is 1. The molecule has 2 aromatic carbocycles. The molecular weight excluding hydrogens is 409 g/mol. The minimum Gasteiger partial charge on any atom is -0.507 e. The van der Waals surface area contributed by atoms with Crippen LogP contribution >= 0.6 is 22.6 Å². The summed E-state index contributed by atoms with van der Waals surface area (Å²) in [7, 11) is -3.93. The minimum atomic E-state index is -3.93. The molecule has 0 spiro atoms. The van der Waals surface area contributed by atoms with Gasteiger partial charge in [0.05, 0.1) is 4.90 Å². The molecule has 0 aliphatic heterocycles. The lowest BCUT2D eigenvalue weighted by atomic mass is 10.2. The van der Waals surface area contributed by atoms with E-state index in [1.165, 1.54) is 0 Å². The Kier molecular flexibility index (Phi) is 4.37. The van der Waals surface area contributed by atoms with Gasteiger partial charge in [-0.3, -0.25) is 4.72 Å². The van der Waals surface area contributed by atoms with Crippen molar-refractivity contribution >= 4 is 44.3 Å². The highest BCUT2D eigenvalue weighted by molar-refractivity contribution is 14.1. The van der Waals surface area contributed by atoms with Crippen molar-refractivity contribution in [1.29, 1.82) is 0 Å². The Bertz CT molecular complexity index is 787. The molecule has 2 rings (SSSR count). The van der Waals surface area contributed by atoms with Crippen LogP contribution in [0.1, 0.15) is 10.4 Å². The molecule has 0 amide bonds. The van der Waals surface area contributed by atoms with Crippen molar-refractivity contribution < 1.29 is 23.4 Å². The summed E-state index contributed by atoms with van der Waals surface area (Å²) in [5.41, 5.74) is -0.110. The van der Waals surface area contributed by atoms with Gasteiger partial charge in [0.1, 0.15) is 11.3 Å². The van der Waals surface area contributed by atoms with E-state index in [2.05, 4.69) is 27.3 Å². The maximum atomic E-state index is 12.2. The van der Waals surface area contributed by atoms with Gasteiger partial charge in [0.15, 0.2) is 0 Å². The van der Waals surface area contributed by atoms with Crippen molar-refractivity contribution in [3.63, 3.8) is 0 Å². The topological polar surface area (TPSA) is 104 Å². The Labute approximate surface area is 134 Å². The van der Waals surface area contributed by atoms with Crippen LogP contribution in [-0.2, 0) is 10.0 Å². The molecule has 0 saturated heterocycles. The van der Waals surface area contributed by atoms with Crippen molar-refractivity contribution in [2.45, 2.75) is 4.90 Å². The third kappa shape index (κ3) is 3.64. The molecule has 0 aromatic heterocycles. The number of anilines is 1. The van der Waals surface area contributed by atoms with E-state index in [0.29, 0.717) is 5.69 Å². The zero-order chi connectivity index (χ0) is 15.6. The van der Waals surface area contributed by atoms with Crippen LogP contribution in [0.5, 0.6) is 5.75 Å². The molecule has 0 unspecified atom stereocenters. The lowest BCUT2D eigenvalue weighted by Gasteiger charge is -2.09. The van der Waals surface area contributed by atoms with Gasteiger partial charge in [0, 0.05) is 9.26 Å². The van der Waals surface area contributed by atoms with Crippen LogP contribution in [0.15, 0.2) is 47.4 Å². The molecule has 0 atom stereocenters. The van der Waals surface area contributed by atoms with Gasteiger partial charge < -0.3 is 10.2 Å². The third-order valence-corrected chi connectivity index (χ3v) is 4.70. The molecule has 3 N–H and O–H groups in total. The second-order valence-electron chi connectivity index (χ2n) is 4.10. The van der Waals surface area contributed by atoms with E-state index in [1.807, 2.05) is 0 Å². The van der Waals surface area contributed by atoms with Gasteiger partial charge in [-0.1, -0.05) is 0 Å². The molecule has 8 heteroatoms. The fourth-order valence-corrected chi connectivity index (χ4v) is 3.03. The second kappa shape index (κ2) is 5.90. The number of nitrogens with one attached hydrogen (secondary N) is 1. The lowest BCUT2D eigenvalue weighted by Crippen LogP contribution is -2.13. The number of hydrogen-bond acceptors (Lipinski definition) is 4. The molecule has 0 radical (unpaired) electrons. The summed E-state index contributed by atoms with van der Waals surface area (Å²) in [5.74, 6) is -1.89. The van der Waals surface area contributed by atoms with Crippen molar-refractivity contribution in [1.82, 2.24) is 0 Å². The molecule has 0 aliphatic carbocycles. The predicted molar refractivity (Wildman–Crippen MR) is 85.0 cm³/mol. The molecule has 0 saturated carbocycles. The first-order valence-corrected chi connectivity index (χ1v) is 8.20. The summed E-state index contributed by atoms with van der Waals surface area (Å²) in [6.07, 6.45) is 0. The Morgan fingerprint density at radius 2 is 1.71 bits per heavy atom. The molecule has 2 aromatic rings. The second-order valence-corrected chi connectivity index (χ2v) is 7.02. The molecule has 110 valence electrons. The molecule has 0 fully saturated rings. The smallest absolute Gasteiger partial charge is 0.339 e. The summed E-state index contributed by atoms with van der Waals surface area (Å²) in [4.78, 5) is 10.7. The first kappa shape index (κ1) is 15.6. The minimum absolute atomic E-state index is 0.240. The number of benzene rings is 2. The van der Waals surface area contributed by atoms with E-state index in [9.17, 15) is 18.3 Å². The summed E-state index contributed by atoms with van der Waals surface area (Å²) >= 11 is 2.09. The van der Waals surface area contributed by atoms with E-state index < -0.39 is 27.3 Å². The van der Waals surface area contributed by atoms with Crippen LogP contribution < -0.4 is 4.72 Å². The van der Waals surface area contributed by atoms with Crippen molar-refractivity contribution in [2.24, 2.45) is 0 Å². The van der Waals surface area contributed by atoms with Crippen molar-refractivity contribution in [2.75, 3.05) is 4.72 Å². The first-order valence-electron chi connectivity index (χ1n) is 5.64. The Hall–Kier alpha value is -1.81. The van der Waals surface area contributed by atoms with Gasteiger partial charge in [0.25, 0.3) is 10.0 Å². The van der Waals surface area contributed by atoms with Crippen LogP contribution in [0, 0.1) is 3.57 Å². The number of hydrogen-bond donors (Lipinski definition) is 3. The van der Waals surface area contributed by atoms with Gasteiger partial charge in [-0.15, -0.1) is 0 Å². The highest BCUT2D eigenvalue weighted by Gasteiger charge is 2.18. The van der Waals surface area contributed by atoms with Crippen LogP contribution in [0.25, 0.3) is 0 Å². The average Bonchev–Trinajstić information content (AvgIpc) is 2.41. The summed E-state index contributed by atoms with van der Waals surface area (Å²) in [5, 5.41) is 18.3. The van der Waals surface area contributed by atoms with Gasteiger partial charge >= 0.3 is 5.97 Å². The normalized spacial score (nSPS) is 11.1. The maximum absolute atomic E-state index is 12.2. The lowest BCUT2D eigenvalue weighted by molar-refractivity contribution is 0.0693. The van der Waals surface area contributed by atoms with Crippen molar-refractivity contribution in [3.8, 4) is 5.75 Å². The number of halogens is 1. The predicted octanol–water partition coefficient (Wildman–Crippen LogP) is 2.50. The number of sulfonamides is 1. The molecule has 0 heterocycles. The Morgan fingerprint density at radius 3 is 2.29 bits per heavy atom. The average molecular weight is 419 g/mol. The van der Waals surface area contributed by atoms with Crippen LogP contribution in [0.3, 0.4) is 0 Å². The Morgan fingerprint density at radius 1 is 1.10 bits per heavy atom. The van der Waals surface area contributed by atoms with Crippen molar-refractivity contribution in [3.05, 3.63) is 51.6 Å². The standard InChI is InChI=1S/C13H10INO5S/c14-8-1-3-9(4-2-8)15-21(19,20)10-5-6-12(16)11(7-10)13(17)18/h1-7,15-16H,(H,17,18). The number of carboxylic acids is 1.